The second kappa shape index (κ2) is 14.4. The van der Waals surface area contributed by atoms with Crippen LogP contribution in [0.4, 0.5) is 10.1 Å². The van der Waals surface area contributed by atoms with Gasteiger partial charge in [-0.25, -0.2) is 8.70 Å². The molecule has 0 bridgehead atoms. The molecule has 3 rings (SSSR count). The summed E-state index contributed by atoms with van der Waals surface area (Å²) in [7, 11) is -1.33. The van der Waals surface area contributed by atoms with E-state index >= 15 is 0 Å². The number of carbonyl (C=O) groups excluding carboxylic acids is 2. The summed E-state index contributed by atoms with van der Waals surface area (Å²) in [5.41, 5.74) is 2.86. The number of hydrogen-bond acceptors (Lipinski definition) is 4. The molecular formula is C32H41FN4O4S. The summed E-state index contributed by atoms with van der Waals surface area (Å²) in [6.45, 7) is 7.11. The monoisotopic (exact) mass is 596 g/mol. The maximum absolute atomic E-state index is 14.9. The van der Waals surface area contributed by atoms with Gasteiger partial charge in [-0.1, -0.05) is 74.5 Å². The van der Waals surface area contributed by atoms with Crippen molar-refractivity contribution in [3.63, 3.8) is 0 Å². The van der Waals surface area contributed by atoms with Gasteiger partial charge in [-0.15, -0.1) is 0 Å². The molecule has 0 aliphatic rings. The van der Waals surface area contributed by atoms with Gasteiger partial charge in [-0.3, -0.25) is 9.59 Å². The summed E-state index contributed by atoms with van der Waals surface area (Å²) in [5.74, 6) is -1.40. The van der Waals surface area contributed by atoms with E-state index in [0.29, 0.717) is 17.8 Å². The highest BCUT2D eigenvalue weighted by Crippen LogP contribution is 2.26. The standard InChI is InChI=1S/C32H41FN4O4S/c1-23(2)20-34-32(39)30(19-26-12-8-7-9-13-26)36(21-27-14-10-11-15-28(27)33)31(38)22-37(42(40,41)35(5)6)29-18-24(3)16-17-25(29)4/h7-18,23,30H,19-22H2,1-6H3,(H,34,39)/t30-/m1/s1. The molecule has 0 saturated carbocycles. The Balaban J connectivity index is 2.13. The Morgan fingerprint density at radius 2 is 1.57 bits per heavy atom. The Bertz CT molecular complexity index is 1480. The van der Waals surface area contributed by atoms with Gasteiger partial charge >= 0.3 is 10.2 Å². The van der Waals surface area contributed by atoms with Gasteiger partial charge in [-0.2, -0.15) is 12.7 Å². The Labute approximate surface area is 249 Å². The zero-order chi connectivity index (χ0) is 31.0. The van der Waals surface area contributed by atoms with Crippen LogP contribution < -0.4 is 9.62 Å². The average Bonchev–Trinajstić information content (AvgIpc) is 2.94. The highest BCUT2D eigenvalue weighted by atomic mass is 32.2. The number of carbonyl (C=O) groups is 2. The quantitative estimate of drug-likeness (QED) is 0.315. The van der Waals surface area contributed by atoms with Crippen LogP contribution >= 0.6 is 0 Å². The van der Waals surface area contributed by atoms with Crippen molar-refractivity contribution >= 4 is 27.7 Å². The van der Waals surface area contributed by atoms with Crippen LogP contribution in [0.2, 0.25) is 0 Å². The zero-order valence-electron chi connectivity index (χ0n) is 25.2. The van der Waals surface area contributed by atoms with E-state index in [2.05, 4.69) is 5.32 Å². The molecule has 0 saturated heterocycles. The van der Waals surface area contributed by atoms with Gasteiger partial charge in [0, 0.05) is 39.2 Å². The number of amides is 2. The lowest BCUT2D eigenvalue weighted by molar-refractivity contribution is -0.140. The first kappa shape index (κ1) is 32.8. The van der Waals surface area contributed by atoms with E-state index in [1.54, 1.807) is 37.3 Å². The molecule has 0 heterocycles. The minimum absolute atomic E-state index is 0.159. The van der Waals surface area contributed by atoms with Crippen molar-refractivity contribution in [1.82, 2.24) is 14.5 Å². The molecule has 226 valence electrons. The molecule has 0 radical (unpaired) electrons. The Hall–Kier alpha value is -3.76. The highest BCUT2D eigenvalue weighted by molar-refractivity contribution is 7.90. The molecule has 8 nitrogen and oxygen atoms in total. The average molecular weight is 597 g/mol. The topological polar surface area (TPSA) is 90.0 Å². The third-order valence-corrected chi connectivity index (χ3v) is 8.71. The van der Waals surface area contributed by atoms with Crippen molar-refractivity contribution in [2.24, 2.45) is 5.92 Å². The molecular weight excluding hydrogens is 555 g/mol. The summed E-state index contributed by atoms with van der Waals surface area (Å²) in [6, 6.07) is 19.6. The SMILES string of the molecule is Cc1ccc(C)c(N(CC(=O)N(Cc2ccccc2F)[C@H](Cc2ccccc2)C(=O)NCC(C)C)S(=O)(=O)N(C)C)c1. The van der Waals surface area contributed by atoms with E-state index in [4.69, 9.17) is 0 Å². The van der Waals surface area contributed by atoms with E-state index in [1.165, 1.54) is 25.1 Å². The molecule has 0 spiro atoms. The van der Waals surface area contributed by atoms with E-state index in [9.17, 15) is 22.4 Å². The molecule has 0 aliphatic carbocycles. The number of benzene rings is 3. The largest absolute Gasteiger partial charge is 0.354 e. The normalized spacial score (nSPS) is 12.3. The lowest BCUT2D eigenvalue weighted by atomic mass is 10.0. The maximum atomic E-state index is 14.9. The lowest BCUT2D eigenvalue weighted by Crippen LogP contribution is -2.54. The van der Waals surface area contributed by atoms with Crippen molar-refractivity contribution in [1.29, 1.82) is 0 Å². The van der Waals surface area contributed by atoms with Gasteiger partial charge in [0.15, 0.2) is 0 Å². The summed E-state index contributed by atoms with van der Waals surface area (Å²) < 4.78 is 44.2. The van der Waals surface area contributed by atoms with Crippen molar-refractivity contribution in [2.45, 2.75) is 46.7 Å². The fourth-order valence-electron chi connectivity index (χ4n) is 4.48. The second-order valence-electron chi connectivity index (χ2n) is 11.0. The van der Waals surface area contributed by atoms with Crippen LogP contribution in [-0.4, -0.2) is 62.7 Å². The highest BCUT2D eigenvalue weighted by Gasteiger charge is 2.35. The predicted octanol–water partition coefficient (Wildman–Crippen LogP) is 4.47. The second-order valence-corrected chi connectivity index (χ2v) is 13.1. The number of halogens is 1. The first-order valence-electron chi connectivity index (χ1n) is 13.9. The van der Waals surface area contributed by atoms with E-state index in [-0.39, 0.29) is 24.4 Å². The van der Waals surface area contributed by atoms with E-state index in [0.717, 1.165) is 19.7 Å². The molecule has 1 N–H and O–H groups in total. The summed E-state index contributed by atoms with van der Waals surface area (Å²) in [4.78, 5) is 29.3. The fraction of sp³-hybridized carbons (Fsp3) is 0.375. The van der Waals surface area contributed by atoms with E-state index < -0.39 is 40.4 Å². The summed E-state index contributed by atoms with van der Waals surface area (Å²) in [6.07, 6.45) is 0.162. The van der Waals surface area contributed by atoms with Gasteiger partial charge in [-0.05, 0) is 48.6 Å². The molecule has 0 aromatic heterocycles. The molecule has 0 unspecified atom stereocenters. The Morgan fingerprint density at radius 3 is 2.19 bits per heavy atom. The van der Waals surface area contributed by atoms with Crippen LogP contribution in [-0.2, 0) is 32.8 Å². The molecule has 0 fully saturated rings. The van der Waals surface area contributed by atoms with Gasteiger partial charge in [0.05, 0.1) is 5.69 Å². The number of rotatable bonds is 13. The van der Waals surface area contributed by atoms with Gasteiger partial charge in [0.25, 0.3) is 0 Å². The minimum atomic E-state index is -4.12. The van der Waals surface area contributed by atoms with Crippen molar-refractivity contribution in [3.8, 4) is 0 Å². The number of aryl methyl sites for hydroxylation is 2. The molecule has 0 aliphatic heterocycles. The van der Waals surface area contributed by atoms with Crippen molar-refractivity contribution in [3.05, 3.63) is 101 Å². The lowest BCUT2D eigenvalue weighted by Gasteiger charge is -2.35. The molecule has 3 aromatic carbocycles. The van der Waals surface area contributed by atoms with Crippen LogP contribution in [0.15, 0.2) is 72.8 Å². The van der Waals surface area contributed by atoms with Crippen LogP contribution in [0.1, 0.15) is 36.1 Å². The first-order chi connectivity index (χ1) is 19.8. The van der Waals surface area contributed by atoms with Crippen LogP contribution in [0, 0.1) is 25.6 Å². The van der Waals surface area contributed by atoms with Gasteiger partial charge < -0.3 is 10.2 Å². The number of hydrogen-bond donors (Lipinski definition) is 1. The minimum Gasteiger partial charge on any atom is -0.354 e. The molecule has 2 amide bonds. The molecule has 10 heteroatoms. The van der Waals surface area contributed by atoms with E-state index in [1.807, 2.05) is 57.2 Å². The van der Waals surface area contributed by atoms with Crippen LogP contribution in [0.25, 0.3) is 0 Å². The third kappa shape index (κ3) is 8.39. The van der Waals surface area contributed by atoms with Crippen LogP contribution in [0.5, 0.6) is 0 Å². The smallest absolute Gasteiger partial charge is 0.304 e. The Kier molecular flexibility index (Phi) is 11.2. The molecule has 3 aromatic rings. The van der Waals surface area contributed by atoms with Crippen molar-refractivity contribution in [2.75, 3.05) is 31.5 Å². The van der Waals surface area contributed by atoms with Gasteiger partial charge in [0.2, 0.25) is 11.8 Å². The predicted molar refractivity (Wildman–Crippen MR) is 165 cm³/mol. The number of nitrogens with one attached hydrogen (secondary N) is 1. The molecule has 42 heavy (non-hydrogen) atoms. The molecule has 1 atom stereocenters. The zero-order valence-corrected chi connectivity index (χ0v) is 26.0. The Morgan fingerprint density at radius 1 is 0.929 bits per heavy atom. The summed E-state index contributed by atoms with van der Waals surface area (Å²) >= 11 is 0. The first-order valence-corrected chi connectivity index (χ1v) is 15.3. The van der Waals surface area contributed by atoms with Crippen molar-refractivity contribution < 1.29 is 22.4 Å². The fourth-order valence-corrected chi connectivity index (χ4v) is 5.59. The van der Waals surface area contributed by atoms with Crippen LogP contribution in [0.3, 0.4) is 0 Å². The number of anilines is 1. The third-order valence-electron chi connectivity index (χ3n) is 6.91. The van der Waals surface area contributed by atoms with Gasteiger partial charge in [0.1, 0.15) is 18.4 Å². The summed E-state index contributed by atoms with van der Waals surface area (Å²) in [5, 5.41) is 2.92. The maximum Gasteiger partial charge on any atom is 0.304 e. The number of nitrogens with zero attached hydrogens (tertiary/aromatic N) is 3.